The first-order valence-corrected chi connectivity index (χ1v) is 7.51. The summed E-state index contributed by atoms with van der Waals surface area (Å²) in [6.45, 7) is 6.91. The minimum absolute atomic E-state index is 0.137. The summed E-state index contributed by atoms with van der Waals surface area (Å²) in [5.74, 6) is 0.827. The Bertz CT molecular complexity index is 631. The molecule has 0 bridgehead atoms. The Kier molecular flexibility index (Phi) is 3.26. The largest absolute Gasteiger partial charge is 0.493 e. The van der Waals surface area contributed by atoms with Crippen molar-refractivity contribution in [3.63, 3.8) is 0 Å². The second kappa shape index (κ2) is 4.82. The molecule has 1 aromatic heterocycles. The molecule has 1 aromatic carbocycles. The van der Waals surface area contributed by atoms with Crippen LogP contribution in [-0.2, 0) is 11.8 Å². The highest BCUT2D eigenvalue weighted by molar-refractivity contribution is 7.05. The summed E-state index contributed by atoms with van der Waals surface area (Å²) < 4.78 is 9.70. The SMILES string of the molecule is CC(C)(C)c1nnsc1C(O)c1cccc2c1OCC2. The van der Waals surface area contributed by atoms with Crippen molar-refractivity contribution in [1.29, 1.82) is 0 Å². The third kappa shape index (κ3) is 2.21. The minimum atomic E-state index is -0.725. The predicted octanol–water partition coefficient (Wildman–Crippen LogP) is 2.85. The Morgan fingerprint density at radius 2 is 2.15 bits per heavy atom. The third-order valence-electron chi connectivity index (χ3n) is 3.51. The summed E-state index contributed by atoms with van der Waals surface area (Å²) >= 11 is 1.26. The van der Waals surface area contributed by atoms with Gasteiger partial charge in [0.1, 0.15) is 11.9 Å². The van der Waals surface area contributed by atoms with Gasteiger partial charge < -0.3 is 9.84 Å². The second-order valence-electron chi connectivity index (χ2n) is 6.07. The van der Waals surface area contributed by atoms with E-state index in [0.29, 0.717) is 6.61 Å². The summed E-state index contributed by atoms with van der Waals surface area (Å²) in [4.78, 5) is 0.807. The van der Waals surface area contributed by atoms with Crippen LogP contribution in [0.5, 0.6) is 5.75 Å². The van der Waals surface area contributed by atoms with Crippen LogP contribution in [-0.4, -0.2) is 21.3 Å². The lowest BCUT2D eigenvalue weighted by molar-refractivity contribution is 0.214. The van der Waals surface area contributed by atoms with Crippen LogP contribution in [0.2, 0.25) is 0 Å². The summed E-state index contributed by atoms with van der Waals surface area (Å²) in [5, 5.41) is 14.9. The maximum absolute atomic E-state index is 10.7. The van der Waals surface area contributed by atoms with Crippen LogP contribution >= 0.6 is 11.5 Å². The second-order valence-corrected chi connectivity index (χ2v) is 6.86. The molecule has 1 atom stereocenters. The summed E-state index contributed by atoms with van der Waals surface area (Å²) in [6.07, 6.45) is 0.181. The van der Waals surface area contributed by atoms with Gasteiger partial charge in [0, 0.05) is 17.4 Å². The molecule has 5 heteroatoms. The zero-order chi connectivity index (χ0) is 14.3. The number of aliphatic hydroxyl groups excluding tert-OH is 1. The van der Waals surface area contributed by atoms with Crippen LogP contribution in [0.25, 0.3) is 0 Å². The van der Waals surface area contributed by atoms with E-state index >= 15 is 0 Å². The molecule has 1 aliphatic heterocycles. The van der Waals surface area contributed by atoms with Gasteiger partial charge in [0.05, 0.1) is 17.2 Å². The van der Waals surface area contributed by atoms with Gasteiger partial charge >= 0.3 is 0 Å². The number of aliphatic hydroxyl groups is 1. The maximum Gasteiger partial charge on any atom is 0.128 e. The van der Waals surface area contributed by atoms with Crippen molar-refractivity contribution in [2.45, 2.75) is 38.7 Å². The lowest BCUT2D eigenvalue weighted by atomic mass is 9.89. The number of aromatic nitrogens is 2. The van der Waals surface area contributed by atoms with Gasteiger partial charge in [0.2, 0.25) is 0 Å². The van der Waals surface area contributed by atoms with Crippen LogP contribution in [0.3, 0.4) is 0 Å². The number of nitrogens with zero attached hydrogens (tertiary/aromatic N) is 2. The van der Waals surface area contributed by atoms with Crippen LogP contribution in [0, 0.1) is 0 Å². The Hall–Kier alpha value is -1.46. The Morgan fingerprint density at radius 3 is 2.90 bits per heavy atom. The van der Waals surface area contributed by atoms with Crippen molar-refractivity contribution in [1.82, 2.24) is 9.59 Å². The monoisotopic (exact) mass is 290 g/mol. The number of ether oxygens (including phenoxy) is 1. The van der Waals surface area contributed by atoms with E-state index in [1.807, 2.05) is 18.2 Å². The summed E-state index contributed by atoms with van der Waals surface area (Å²) in [7, 11) is 0. The van der Waals surface area contributed by atoms with Crippen molar-refractivity contribution < 1.29 is 9.84 Å². The molecular weight excluding hydrogens is 272 g/mol. The molecule has 2 aromatic rings. The summed E-state index contributed by atoms with van der Waals surface area (Å²) in [5.41, 5.74) is 2.70. The van der Waals surface area contributed by atoms with E-state index in [4.69, 9.17) is 4.74 Å². The Labute approximate surface area is 122 Å². The molecule has 0 saturated heterocycles. The third-order valence-corrected chi connectivity index (χ3v) is 4.29. The number of benzene rings is 1. The van der Waals surface area contributed by atoms with E-state index < -0.39 is 6.10 Å². The normalized spacial score (nSPS) is 15.8. The lowest BCUT2D eigenvalue weighted by Crippen LogP contribution is -2.16. The zero-order valence-corrected chi connectivity index (χ0v) is 12.7. The van der Waals surface area contributed by atoms with Crippen molar-refractivity contribution >= 4 is 11.5 Å². The summed E-state index contributed by atoms with van der Waals surface area (Å²) in [6, 6.07) is 5.94. The van der Waals surface area contributed by atoms with Crippen LogP contribution in [0.15, 0.2) is 18.2 Å². The minimum Gasteiger partial charge on any atom is -0.493 e. The van der Waals surface area contributed by atoms with E-state index in [2.05, 4.69) is 30.4 Å². The van der Waals surface area contributed by atoms with E-state index in [0.717, 1.165) is 33.9 Å². The maximum atomic E-state index is 10.7. The molecular formula is C15H18N2O2S. The number of hydrogen-bond donors (Lipinski definition) is 1. The highest BCUT2D eigenvalue weighted by atomic mass is 32.1. The molecule has 0 saturated carbocycles. The van der Waals surface area contributed by atoms with Gasteiger partial charge in [-0.3, -0.25) is 0 Å². The molecule has 0 radical (unpaired) electrons. The van der Waals surface area contributed by atoms with E-state index in [1.165, 1.54) is 11.5 Å². The first-order chi connectivity index (χ1) is 9.48. The van der Waals surface area contributed by atoms with E-state index in [1.54, 1.807) is 0 Å². The van der Waals surface area contributed by atoms with E-state index in [9.17, 15) is 5.11 Å². The quantitative estimate of drug-likeness (QED) is 0.924. The average Bonchev–Trinajstić information content (AvgIpc) is 3.05. The van der Waals surface area contributed by atoms with Crippen LogP contribution < -0.4 is 4.74 Å². The highest BCUT2D eigenvalue weighted by Gasteiger charge is 2.30. The van der Waals surface area contributed by atoms with Gasteiger partial charge in [0.25, 0.3) is 0 Å². The van der Waals surface area contributed by atoms with Crippen molar-refractivity contribution in [3.8, 4) is 5.75 Å². The van der Waals surface area contributed by atoms with Gasteiger partial charge in [-0.1, -0.05) is 43.5 Å². The molecule has 0 fully saturated rings. The zero-order valence-electron chi connectivity index (χ0n) is 11.9. The van der Waals surface area contributed by atoms with Gasteiger partial charge in [-0.25, -0.2) is 0 Å². The van der Waals surface area contributed by atoms with Gasteiger partial charge in [-0.15, -0.1) is 5.10 Å². The molecule has 106 valence electrons. The predicted molar refractivity (Wildman–Crippen MR) is 78.3 cm³/mol. The molecule has 20 heavy (non-hydrogen) atoms. The molecule has 1 aliphatic rings. The van der Waals surface area contributed by atoms with Crippen molar-refractivity contribution in [2.24, 2.45) is 0 Å². The number of rotatable bonds is 2. The van der Waals surface area contributed by atoms with Gasteiger partial charge in [0.15, 0.2) is 0 Å². The standard InChI is InChI=1S/C15H18N2O2S/c1-15(2,3)14-13(20-17-16-14)11(18)10-6-4-5-9-7-8-19-12(9)10/h4-6,11,18H,7-8H2,1-3H3. The number of para-hydroxylation sites is 1. The smallest absolute Gasteiger partial charge is 0.128 e. The molecule has 1 unspecified atom stereocenters. The molecule has 0 spiro atoms. The molecule has 1 N–H and O–H groups in total. The first kappa shape index (κ1) is 13.5. The number of hydrogen-bond acceptors (Lipinski definition) is 5. The van der Waals surface area contributed by atoms with E-state index in [-0.39, 0.29) is 5.41 Å². The fraction of sp³-hybridized carbons (Fsp3) is 0.467. The molecule has 3 rings (SSSR count). The molecule has 4 nitrogen and oxygen atoms in total. The van der Waals surface area contributed by atoms with Crippen LogP contribution in [0.4, 0.5) is 0 Å². The van der Waals surface area contributed by atoms with Crippen LogP contribution in [0.1, 0.15) is 48.6 Å². The Morgan fingerprint density at radius 1 is 1.35 bits per heavy atom. The van der Waals surface area contributed by atoms with Gasteiger partial charge in [-0.05, 0) is 17.1 Å². The Balaban J connectivity index is 2.04. The molecule has 0 amide bonds. The molecule has 2 heterocycles. The van der Waals surface area contributed by atoms with Crippen molar-refractivity contribution in [3.05, 3.63) is 39.9 Å². The topological polar surface area (TPSA) is 55.2 Å². The number of fused-ring (bicyclic) bond motifs is 1. The fourth-order valence-corrected chi connectivity index (χ4v) is 3.36. The average molecular weight is 290 g/mol. The lowest BCUT2D eigenvalue weighted by Gasteiger charge is -2.20. The fourth-order valence-electron chi connectivity index (χ4n) is 2.49. The van der Waals surface area contributed by atoms with Crippen molar-refractivity contribution in [2.75, 3.05) is 6.61 Å². The molecule has 0 aliphatic carbocycles. The highest BCUT2D eigenvalue weighted by Crippen LogP contribution is 2.39. The van der Waals surface area contributed by atoms with Gasteiger partial charge in [-0.2, -0.15) is 0 Å². The first-order valence-electron chi connectivity index (χ1n) is 6.74.